The summed E-state index contributed by atoms with van der Waals surface area (Å²) in [5, 5.41) is 15.5. The highest BCUT2D eigenvalue weighted by atomic mass is 19.1. The summed E-state index contributed by atoms with van der Waals surface area (Å²) in [4.78, 5) is 12.5. The minimum absolute atomic E-state index is 0.122. The number of imidazole rings is 1. The van der Waals surface area contributed by atoms with Crippen LogP contribution in [-0.2, 0) is 10.6 Å². The van der Waals surface area contributed by atoms with Gasteiger partial charge >= 0.3 is 0 Å². The number of aromatic nitrogens is 2. The molecule has 0 radical (unpaired) electrons. The van der Waals surface area contributed by atoms with Crippen molar-refractivity contribution in [2.24, 2.45) is 10.6 Å². The Bertz CT molecular complexity index is 1370. The lowest BCUT2D eigenvalue weighted by Crippen LogP contribution is -2.56. The fraction of sp³-hybridized carbons (Fsp3) is 0.357. The summed E-state index contributed by atoms with van der Waals surface area (Å²) in [6.45, 7) is 4.38. The summed E-state index contributed by atoms with van der Waals surface area (Å²) in [7, 11) is 1.66. The molecule has 2 aromatic carbocycles. The van der Waals surface area contributed by atoms with Crippen LogP contribution in [0.2, 0.25) is 0 Å². The van der Waals surface area contributed by atoms with Gasteiger partial charge in [-0.1, -0.05) is 11.2 Å². The number of aliphatic hydroxyl groups excluding tert-OH is 1. The van der Waals surface area contributed by atoms with E-state index >= 15 is 0 Å². The standard InChI is InChI=1S/C28H29FN4O3/c1-18-15-32(17-30-18)24-9-4-20(13-25(24)35-3)12-21-14-27(10-11-27)16-33-26(21)31-36-28(33,19(2)34)22-5-7-23(29)8-6-22/h4-9,12-13,15,17,19,34H,10-11,14,16H2,1-3H3. The van der Waals surface area contributed by atoms with E-state index in [2.05, 4.69) is 27.2 Å². The molecule has 1 N–H and O–H groups in total. The average Bonchev–Trinajstić information content (AvgIpc) is 3.27. The Balaban J connectivity index is 1.39. The summed E-state index contributed by atoms with van der Waals surface area (Å²) in [5.74, 6) is 1.12. The van der Waals surface area contributed by atoms with Gasteiger partial charge in [0.25, 0.3) is 5.72 Å². The number of fused-ring (bicyclic) bond motifs is 1. The van der Waals surface area contributed by atoms with Crippen molar-refractivity contribution in [3.63, 3.8) is 0 Å². The van der Waals surface area contributed by atoms with Gasteiger partial charge in [0.1, 0.15) is 17.7 Å². The summed E-state index contributed by atoms with van der Waals surface area (Å²) in [6, 6.07) is 12.2. The molecular formula is C28H29FN4O3. The van der Waals surface area contributed by atoms with E-state index in [0.29, 0.717) is 11.4 Å². The van der Waals surface area contributed by atoms with E-state index in [4.69, 9.17) is 9.57 Å². The average molecular weight is 489 g/mol. The first-order chi connectivity index (χ1) is 17.3. The van der Waals surface area contributed by atoms with Crippen LogP contribution in [0.25, 0.3) is 11.8 Å². The number of oxime groups is 1. The number of aliphatic hydroxyl groups is 1. The lowest BCUT2D eigenvalue weighted by molar-refractivity contribution is -0.176. The molecule has 2 unspecified atom stereocenters. The Labute approximate surface area is 209 Å². The highest BCUT2D eigenvalue weighted by Gasteiger charge is 2.59. The van der Waals surface area contributed by atoms with Crippen LogP contribution in [0.15, 0.2) is 65.7 Å². The maximum Gasteiger partial charge on any atom is 0.262 e. The van der Waals surface area contributed by atoms with Crippen LogP contribution >= 0.6 is 0 Å². The second-order valence-corrected chi connectivity index (χ2v) is 10.2. The number of aryl methyl sites for hydroxylation is 1. The zero-order valence-corrected chi connectivity index (χ0v) is 20.6. The third-order valence-corrected chi connectivity index (χ3v) is 7.59. The van der Waals surface area contributed by atoms with Gasteiger partial charge in [0.15, 0.2) is 5.84 Å². The number of amidine groups is 1. The molecule has 1 saturated heterocycles. The van der Waals surface area contributed by atoms with Gasteiger partial charge in [-0.25, -0.2) is 9.37 Å². The van der Waals surface area contributed by atoms with Crippen molar-refractivity contribution in [1.29, 1.82) is 0 Å². The third kappa shape index (κ3) is 3.59. The van der Waals surface area contributed by atoms with Crippen molar-refractivity contribution in [1.82, 2.24) is 14.5 Å². The van der Waals surface area contributed by atoms with Crippen LogP contribution in [0.5, 0.6) is 5.75 Å². The van der Waals surface area contributed by atoms with Crippen LogP contribution in [0.1, 0.15) is 43.0 Å². The van der Waals surface area contributed by atoms with Crippen LogP contribution in [-0.4, -0.2) is 45.2 Å². The van der Waals surface area contributed by atoms with E-state index in [0.717, 1.165) is 54.1 Å². The fourth-order valence-corrected chi connectivity index (χ4v) is 5.49. The molecule has 3 heterocycles. The van der Waals surface area contributed by atoms with Gasteiger partial charge in [-0.15, -0.1) is 0 Å². The molecule has 0 bridgehead atoms. The summed E-state index contributed by atoms with van der Waals surface area (Å²) in [6.07, 6.45) is 8.07. The van der Waals surface area contributed by atoms with E-state index in [1.165, 1.54) is 12.1 Å². The number of benzene rings is 2. The molecule has 1 aliphatic carbocycles. The molecule has 2 atom stereocenters. The molecule has 2 fully saturated rings. The molecule has 8 heteroatoms. The number of hydrogen-bond acceptors (Lipinski definition) is 6. The van der Waals surface area contributed by atoms with Gasteiger partial charge in [-0.3, -0.25) is 0 Å². The maximum absolute atomic E-state index is 13.7. The Morgan fingerprint density at radius 2 is 1.97 bits per heavy atom. The lowest BCUT2D eigenvalue weighted by atomic mass is 9.85. The highest BCUT2D eigenvalue weighted by Crippen LogP contribution is 2.57. The van der Waals surface area contributed by atoms with E-state index in [9.17, 15) is 9.50 Å². The van der Waals surface area contributed by atoms with Gasteiger partial charge in [0.2, 0.25) is 0 Å². The zero-order chi connectivity index (χ0) is 25.1. The first kappa shape index (κ1) is 22.8. The topological polar surface area (TPSA) is 72.1 Å². The second-order valence-electron chi connectivity index (χ2n) is 10.2. The summed E-state index contributed by atoms with van der Waals surface area (Å²) in [5.41, 5.74) is 3.49. The smallest absolute Gasteiger partial charge is 0.262 e. The molecule has 36 heavy (non-hydrogen) atoms. The van der Waals surface area contributed by atoms with Gasteiger partial charge in [0.05, 0.1) is 24.8 Å². The van der Waals surface area contributed by atoms with Crippen molar-refractivity contribution in [3.8, 4) is 11.4 Å². The highest BCUT2D eigenvalue weighted by molar-refractivity contribution is 6.04. The molecule has 3 aliphatic rings. The summed E-state index contributed by atoms with van der Waals surface area (Å²) < 4.78 is 21.3. The molecule has 1 saturated carbocycles. The monoisotopic (exact) mass is 488 g/mol. The minimum atomic E-state index is -1.20. The third-order valence-electron chi connectivity index (χ3n) is 7.59. The molecule has 0 amide bonds. The molecule has 186 valence electrons. The molecule has 2 aliphatic heterocycles. The number of piperidine rings is 1. The van der Waals surface area contributed by atoms with Crippen LogP contribution in [0.4, 0.5) is 4.39 Å². The van der Waals surface area contributed by atoms with Gasteiger partial charge < -0.3 is 24.1 Å². The largest absolute Gasteiger partial charge is 0.495 e. The van der Waals surface area contributed by atoms with Crippen molar-refractivity contribution >= 4 is 11.9 Å². The van der Waals surface area contributed by atoms with Gasteiger partial charge in [-0.05, 0) is 92.1 Å². The van der Waals surface area contributed by atoms with Crippen molar-refractivity contribution in [3.05, 3.63) is 83.2 Å². The molecular weight excluding hydrogens is 459 g/mol. The Morgan fingerprint density at radius 1 is 1.19 bits per heavy atom. The van der Waals surface area contributed by atoms with Gasteiger partial charge in [-0.2, -0.15) is 0 Å². The number of rotatable bonds is 5. The van der Waals surface area contributed by atoms with Crippen molar-refractivity contribution in [2.45, 2.75) is 44.9 Å². The predicted octanol–water partition coefficient (Wildman–Crippen LogP) is 4.78. The Hall–Kier alpha value is -3.65. The quantitative estimate of drug-likeness (QED) is 0.560. The fourth-order valence-electron chi connectivity index (χ4n) is 5.49. The van der Waals surface area contributed by atoms with E-state index in [1.807, 2.05) is 29.8 Å². The van der Waals surface area contributed by atoms with Crippen molar-refractivity contribution in [2.75, 3.05) is 13.7 Å². The Morgan fingerprint density at radius 3 is 2.61 bits per heavy atom. The van der Waals surface area contributed by atoms with Crippen LogP contribution in [0.3, 0.4) is 0 Å². The zero-order valence-electron chi connectivity index (χ0n) is 20.6. The molecule has 6 rings (SSSR count). The first-order valence-electron chi connectivity index (χ1n) is 12.2. The molecule has 7 nitrogen and oxygen atoms in total. The van der Waals surface area contributed by atoms with E-state index < -0.39 is 11.8 Å². The number of nitrogens with zero attached hydrogens (tertiary/aromatic N) is 4. The first-order valence-corrected chi connectivity index (χ1v) is 12.2. The number of ether oxygens (including phenoxy) is 1. The van der Waals surface area contributed by atoms with E-state index in [1.54, 1.807) is 32.5 Å². The van der Waals surface area contributed by atoms with Gasteiger partial charge in [0, 0.05) is 18.3 Å². The minimum Gasteiger partial charge on any atom is -0.495 e. The lowest BCUT2D eigenvalue weighted by Gasteiger charge is -2.44. The predicted molar refractivity (Wildman–Crippen MR) is 134 cm³/mol. The SMILES string of the molecule is COc1cc(C=C2CC3(CC3)CN3C2=NOC3(c2ccc(F)cc2)C(C)O)ccc1-n1cnc(C)c1. The molecule has 3 aromatic rings. The summed E-state index contributed by atoms with van der Waals surface area (Å²) >= 11 is 0. The molecule has 1 aromatic heterocycles. The number of halogens is 1. The van der Waals surface area contributed by atoms with E-state index in [-0.39, 0.29) is 11.2 Å². The van der Waals surface area contributed by atoms with Crippen LogP contribution < -0.4 is 4.74 Å². The molecule has 1 spiro atoms. The number of hydrogen-bond donors (Lipinski definition) is 1. The Kier molecular flexibility index (Phi) is 5.19. The van der Waals surface area contributed by atoms with Crippen LogP contribution in [0, 0.1) is 18.2 Å². The number of methoxy groups -OCH3 is 1. The maximum atomic E-state index is 13.7. The second kappa shape index (κ2) is 8.20. The van der Waals surface area contributed by atoms with Crippen molar-refractivity contribution < 1.29 is 19.1 Å². The normalized spacial score (nSPS) is 23.9.